The van der Waals surface area contributed by atoms with Crippen LogP contribution in [0.25, 0.3) is 0 Å². The maximum Gasteiger partial charge on any atom is 0.281 e. The molecule has 0 bridgehead atoms. The van der Waals surface area contributed by atoms with Gasteiger partial charge in [0.2, 0.25) is 0 Å². The highest BCUT2D eigenvalue weighted by Gasteiger charge is 2.28. The van der Waals surface area contributed by atoms with Crippen molar-refractivity contribution in [1.82, 2.24) is 23.1 Å². The standard InChI is InChI=1S/C14H27N5O2S/c1-13(2)14-15-5-6-18(14)10-7-17-8-11-19(12-9-17)22(20,21)16(3)4/h5-6,13H,7-12H2,1-4H3. The third-order valence-corrected chi connectivity index (χ3v) is 5.98. The zero-order valence-electron chi connectivity index (χ0n) is 13.9. The van der Waals surface area contributed by atoms with Crippen LogP contribution >= 0.6 is 0 Å². The van der Waals surface area contributed by atoms with Gasteiger partial charge in [-0.2, -0.15) is 17.0 Å². The van der Waals surface area contributed by atoms with E-state index >= 15 is 0 Å². The van der Waals surface area contributed by atoms with Gasteiger partial charge in [0, 0.05) is 71.7 Å². The van der Waals surface area contributed by atoms with Crippen LogP contribution < -0.4 is 0 Å². The monoisotopic (exact) mass is 329 g/mol. The maximum absolute atomic E-state index is 12.1. The second-order valence-electron chi connectivity index (χ2n) is 6.16. The van der Waals surface area contributed by atoms with Crippen molar-refractivity contribution in [2.75, 3.05) is 46.8 Å². The Morgan fingerprint density at radius 3 is 2.36 bits per heavy atom. The molecule has 0 atom stereocenters. The molecule has 1 fully saturated rings. The summed E-state index contributed by atoms with van der Waals surface area (Å²) in [6.07, 6.45) is 3.86. The molecule has 0 aromatic carbocycles. The van der Waals surface area contributed by atoms with Gasteiger partial charge in [0.15, 0.2) is 0 Å². The first-order valence-corrected chi connectivity index (χ1v) is 9.13. The predicted molar refractivity (Wildman–Crippen MR) is 86.9 cm³/mol. The van der Waals surface area contributed by atoms with E-state index < -0.39 is 10.2 Å². The Balaban J connectivity index is 1.84. The highest BCUT2D eigenvalue weighted by molar-refractivity contribution is 7.86. The Bertz CT molecular complexity index is 574. The van der Waals surface area contributed by atoms with Crippen LogP contribution in [0.4, 0.5) is 0 Å². The summed E-state index contributed by atoms with van der Waals surface area (Å²) in [6, 6.07) is 0. The van der Waals surface area contributed by atoms with Gasteiger partial charge in [-0.15, -0.1) is 0 Å². The molecule has 22 heavy (non-hydrogen) atoms. The number of rotatable bonds is 6. The van der Waals surface area contributed by atoms with E-state index in [1.54, 1.807) is 18.4 Å². The van der Waals surface area contributed by atoms with Crippen molar-refractivity contribution in [2.45, 2.75) is 26.3 Å². The summed E-state index contributed by atoms with van der Waals surface area (Å²) in [4.78, 5) is 6.71. The third-order valence-electron chi connectivity index (χ3n) is 4.04. The lowest BCUT2D eigenvalue weighted by Gasteiger charge is -2.35. The second-order valence-corrected chi connectivity index (χ2v) is 8.31. The summed E-state index contributed by atoms with van der Waals surface area (Å²) < 4.78 is 29.2. The lowest BCUT2D eigenvalue weighted by Crippen LogP contribution is -2.52. The molecule has 1 aliphatic rings. The van der Waals surface area contributed by atoms with Gasteiger partial charge < -0.3 is 4.57 Å². The molecule has 2 heterocycles. The minimum absolute atomic E-state index is 0.414. The molecule has 0 spiro atoms. The minimum atomic E-state index is -3.27. The Hall–Kier alpha value is -0.960. The molecule has 1 aromatic rings. The van der Waals surface area contributed by atoms with Crippen LogP contribution in [0, 0.1) is 0 Å². The fourth-order valence-corrected chi connectivity index (χ4v) is 3.76. The van der Waals surface area contributed by atoms with E-state index in [2.05, 4.69) is 28.3 Å². The quantitative estimate of drug-likeness (QED) is 0.759. The molecule has 1 aromatic heterocycles. The minimum Gasteiger partial charge on any atom is -0.333 e. The van der Waals surface area contributed by atoms with E-state index in [1.807, 2.05) is 12.4 Å². The number of piperazine rings is 1. The molecule has 1 aliphatic heterocycles. The molecule has 0 saturated carbocycles. The van der Waals surface area contributed by atoms with Crippen molar-refractivity contribution < 1.29 is 8.42 Å². The van der Waals surface area contributed by atoms with Crippen molar-refractivity contribution in [2.24, 2.45) is 0 Å². The number of aromatic nitrogens is 2. The number of hydrogen-bond donors (Lipinski definition) is 0. The normalized spacial score (nSPS) is 18.5. The second kappa shape index (κ2) is 7.08. The highest BCUT2D eigenvalue weighted by Crippen LogP contribution is 2.13. The van der Waals surface area contributed by atoms with Gasteiger partial charge >= 0.3 is 0 Å². The molecule has 0 N–H and O–H groups in total. The lowest BCUT2D eigenvalue weighted by molar-refractivity contribution is 0.178. The van der Waals surface area contributed by atoms with Gasteiger partial charge in [0.25, 0.3) is 10.2 Å². The van der Waals surface area contributed by atoms with Crippen molar-refractivity contribution >= 4 is 10.2 Å². The molecular weight excluding hydrogens is 302 g/mol. The van der Waals surface area contributed by atoms with Gasteiger partial charge in [-0.25, -0.2) is 4.98 Å². The molecule has 2 rings (SSSR count). The molecule has 0 unspecified atom stereocenters. The number of nitrogens with zero attached hydrogens (tertiary/aromatic N) is 5. The summed E-state index contributed by atoms with van der Waals surface area (Å²) >= 11 is 0. The maximum atomic E-state index is 12.1. The Kier molecular flexibility index (Phi) is 5.60. The molecule has 7 nitrogen and oxygen atoms in total. The van der Waals surface area contributed by atoms with Gasteiger partial charge in [-0.05, 0) is 0 Å². The van der Waals surface area contributed by atoms with Crippen LogP contribution in [0.3, 0.4) is 0 Å². The molecule has 1 saturated heterocycles. The van der Waals surface area contributed by atoms with Crippen molar-refractivity contribution in [3.05, 3.63) is 18.2 Å². The SMILES string of the molecule is CC(C)c1nccn1CCN1CCN(S(=O)(=O)N(C)C)CC1. The first-order chi connectivity index (χ1) is 10.3. The largest absolute Gasteiger partial charge is 0.333 e. The number of imidazole rings is 1. The topological polar surface area (TPSA) is 61.7 Å². The fraction of sp³-hybridized carbons (Fsp3) is 0.786. The smallest absolute Gasteiger partial charge is 0.281 e. The zero-order valence-corrected chi connectivity index (χ0v) is 14.8. The number of hydrogen-bond acceptors (Lipinski definition) is 4. The van der Waals surface area contributed by atoms with Crippen molar-refractivity contribution in [3.63, 3.8) is 0 Å². The molecule has 0 amide bonds. The van der Waals surface area contributed by atoms with Gasteiger partial charge in [0.05, 0.1) is 0 Å². The van der Waals surface area contributed by atoms with Crippen LogP contribution in [-0.4, -0.2) is 78.3 Å². The molecular formula is C14H27N5O2S. The van der Waals surface area contributed by atoms with E-state index in [0.717, 1.165) is 32.0 Å². The van der Waals surface area contributed by atoms with Crippen LogP contribution in [0.1, 0.15) is 25.6 Å². The molecule has 126 valence electrons. The summed E-state index contributed by atoms with van der Waals surface area (Å²) in [5.74, 6) is 1.52. The molecule has 0 aliphatic carbocycles. The van der Waals surface area contributed by atoms with E-state index in [0.29, 0.717) is 19.0 Å². The van der Waals surface area contributed by atoms with E-state index in [4.69, 9.17) is 0 Å². The average molecular weight is 329 g/mol. The first-order valence-electron chi connectivity index (χ1n) is 7.73. The third kappa shape index (κ3) is 3.87. The predicted octanol–water partition coefficient (Wildman–Crippen LogP) is 0.431. The zero-order chi connectivity index (χ0) is 16.3. The van der Waals surface area contributed by atoms with Crippen LogP contribution in [-0.2, 0) is 16.8 Å². The van der Waals surface area contributed by atoms with Crippen molar-refractivity contribution in [3.8, 4) is 0 Å². The van der Waals surface area contributed by atoms with E-state index in [1.165, 1.54) is 4.31 Å². The van der Waals surface area contributed by atoms with Crippen molar-refractivity contribution in [1.29, 1.82) is 0 Å². The molecule has 0 radical (unpaired) electrons. The Morgan fingerprint density at radius 2 is 1.82 bits per heavy atom. The van der Waals surface area contributed by atoms with Crippen LogP contribution in [0.2, 0.25) is 0 Å². The van der Waals surface area contributed by atoms with Crippen LogP contribution in [0.15, 0.2) is 12.4 Å². The van der Waals surface area contributed by atoms with Gasteiger partial charge in [-0.3, -0.25) is 4.90 Å². The summed E-state index contributed by atoms with van der Waals surface area (Å²) in [7, 11) is -0.120. The van der Waals surface area contributed by atoms with Gasteiger partial charge in [0.1, 0.15) is 5.82 Å². The highest BCUT2D eigenvalue weighted by atomic mass is 32.2. The Labute approximate surface area is 133 Å². The van der Waals surface area contributed by atoms with E-state index in [-0.39, 0.29) is 0 Å². The fourth-order valence-electron chi connectivity index (χ4n) is 2.67. The average Bonchev–Trinajstić information content (AvgIpc) is 2.94. The first kappa shape index (κ1) is 17.4. The molecule has 8 heteroatoms. The summed E-state index contributed by atoms with van der Waals surface area (Å²) in [6.45, 7) is 8.77. The van der Waals surface area contributed by atoms with Gasteiger partial charge in [-0.1, -0.05) is 13.8 Å². The van der Waals surface area contributed by atoms with E-state index in [9.17, 15) is 8.42 Å². The Morgan fingerprint density at radius 1 is 1.18 bits per heavy atom. The van der Waals surface area contributed by atoms with Crippen LogP contribution in [0.5, 0.6) is 0 Å². The summed E-state index contributed by atoms with van der Waals surface area (Å²) in [5, 5.41) is 0. The lowest BCUT2D eigenvalue weighted by atomic mass is 10.2. The summed E-state index contributed by atoms with van der Waals surface area (Å²) in [5.41, 5.74) is 0.